The summed E-state index contributed by atoms with van der Waals surface area (Å²) in [5, 5.41) is 20.0. The Balaban J connectivity index is 1.39. The van der Waals surface area contributed by atoms with Gasteiger partial charge in [-0.1, -0.05) is 48.2 Å². The minimum absolute atomic E-state index is 0.00340. The van der Waals surface area contributed by atoms with E-state index in [0.29, 0.717) is 38.8 Å². The van der Waals surface area contributed by atoms with Gasteiger partial charge in [0.2, 0.25) is 5.91 Å². The van der Waals surface area contributed by atoms with E-state index in [2.05, 4.69) is 0 Å². The van der Waals surface area contributed by atoms with Crippen molar-refractivity contribution in [2.24, 2.45) is 0 Å². The molecule has 3 aromatic carbocycles. The molecule has 5 rings (SSSR count). The number of thioether (sulfide) groups is 1. The molecule has 40 heavy (non-hydrogen) atoms. The minimum atomic E-state index is -0.985. The maximum Gasteiger partial charge on any atom is 0.335 e. The Kier molecular flexibility index (Phi) is 7.46. The smallest absolute Gasteiger partial charge is 0.335 e. The zero-order valence-electron chi connectivity index (χ0n) is 21.6. The Morgan fingerprint density at radius 3 is 2.50 bits per heavy atom. The quantitative estimate of drug-likeness (QED) is 0.211. The first-order chi connectivity index (χ1) is 19.2. The van der Waals surface area contributed by atoms with E-state index in [-0.39, 0.29) is 23.1 Å². The summed E-state index contributed by atoms with van der Waals surface area (Å²) in [6.07, 6.45) is 3.72. The average molecular weight is 573 g/mol. The van der Waals surface area contributed by atoms with Crippen LogP contribution in [0.5, 0.6) is 11.5 Å². The monoisotopic (exact) mass is 572 g/mol. The van der Waals surface area contributed by atoms with Crippen molar-refractivity contribution in [3.05, 3.63) is 88.5 Å². The van der Waals surface area contributed by atoms with Crippen LogP contribution in [0, 0.1) is 0 Å². The molecule has 1 aliphatic rings. The van der Waals surface area contributed by atoms with Crippen LogP contribution in [-0.2, 0) is 11.2 Å². The van der Waals surface area contributed by atoms with Crippen molar-refractivity contribution in [3.63, 3.8) is 0 Å². The lowest BCUT2D eigenvalue weighted by Gasteiger charge is -2.14. The second-order valence-electron chi connectivity index (χ2n) is 9.18. The second kappa shape index (κ2) is 11.0. The van der Waals surface area contributed by atoms with Crippen LogP contribution in [0.4, 0.5) is 0 Å². The molecule has 0 saturated carbocycles. The highest BCUT2D eigenvalue weighted by atomic mass is 32.2. The Bertz CT molecular complexity index is 1720. The van der Waals surface area contributed by atoms with E-state index < -0.39 is 5.97 Å². The number of nitrogens with zero attached hydrogens (tertiary/aromatic N) is 2. The van der Waals surface area contributed by atoms with Crippen molar-refractivity contribution in [3.8, 4) is 22.6 Å². The van der Waals surface area contributed by atoms with Gasteiger partial charge in [-0.05, 0) is 65.6 Å². The molecule has 0 atom stereocenters. The largest absolute Gasteiger partial charge is 0.506 e. The van der Waals surface area contributed by atoms with E-state index in [1.165, 1.54) is 29.4 Å². The molecule has 0 radical (unpaired) electrons. The number of aromatic carboxylic acids is 1. The fraction of sp³-hybridized carbons (Fsp3) is 0.133. The van der Waals surface area contributed by atoms with Crippen molar-refractivity contribution in [2.75, 3.05) is 13.7 Å². The van der Waals surface area contributed by atoms with Crippen LogP contribution in [0.3, 0.4) is 0 Å². The molecule has 0 spiro atoms. The molecule has 2 N–H and O–H groups in total. The minimum Gasteiger partial charge on any atom is -0.506 e. The van der Waals surface area contributed by atoms with Gasteiger partial charge in [0.25, 0.3) is 5.91 Å². The molecular formula is C30H24N2O6S2. The maximum atomic E-state index is 13.2. The number of carboxylic acid groups (broad SMARTS) is 1. The van der Waals surface area contributed by atoms with Gasteiger partial charge < -0.3 is 14.9 Å². The maximum absolute atomic E-state index is 13.2. The van der Waals surface area contributed by atoms with Crippen molar-refractivity contribution < 1.29 is 29.3 Å². The number of benzene rings is 3. The number of ether oxygens (including phenoxy) is 1. The molecule has 0 bridgehead atoms. The number of rotatable bonds is 7. The van der Waals surface area contributed by atoms with E-state index in [0.717, 1.165) is 22.3 Å². The van der Waals surface area contributed by atoms with Gasteiger partial charge in [-0.25, -0.2) is 4.79 Å². The number of amides is 1. The predicted molar refractivity (Wildman–Crippen MR) is 159 cm³/mol. The van der Waals surface area contributed by atoms with Crippen LogP contribution in [0.1, 0.15) is 33.2 Å². The summed E-state index contributed by atoms with van der Waals surface area (Å²) in [6, 6.07) is 17.5. The van der Waals surface area contributed by atoms with Crippen molar-refractivity contribution in [1.82, 2.24) is 9.47 Å². The molecule has 2 heterocycles. The molecule has 1 amide bonds. The van der Waals surface area contributed by atoms with Crippen molar-refractivity contribution in [2.45, 2.75) is 13.3 Å². The normalized spacial score (nSPS) is 14.3. The summed E-state index contributed by atoms with van der Waals surface area (Å²) in [5.74, 6) is -0.759. The highest BCUT2D eigenvalue weighted by Crippen LogP contribution is 2.38. The highest BCUT2D eigenvalue weighted by molar-refractivity contribution is 8.26. The molecule has 1 fully saturated rings. The first-order valence-corrected chi connectivity index (χ1v) is 13.5. The van der Waals surface area contributed by atoms with Gasteiger partial charge in [-0.15, -0.1) is 0 Å². The Hall–Kier alpha value is -4.41. The lowest BCUT2D eigenvalue weighted by Crippen LogP contribution is -2.30. The Labute approximate surface area is 239 Å². The zero-order chi connectivity index (χ0) is 28.6. The SMILES string of the molecule is COc1ccc(C=C2SC(=S)N(CCc3ccc(C(=O)O)cc3)C2=O)cc1-c1ccc2c(c1)c(O)cn2C(C)=O. The summed E-state index contributed by atoms with van der Waals surface area (Å²) < 4.78 is 7.44. The molecular weight excluding hydrogens is 548 g/mol. The zero-order valence-corrected chi connectivity index (χ0v) is 23.2. The fourth-order valence-corrected chi connectivity index (χ4v) is 5.89. The number of carbonyl (C=O) groups is 3. The lowest BCUT2D eigenvalue weighted by molar-refractivity contribution is -0.122. The number of aromatic hydroxyl groups is 1. The predicted octanol–water partition coefficient (Wildman–Crippen LogP) is 5.82. The van der Waals surface area contributed by atoms with Crippen molar-refractivity contribution >= 4 is 63.1 Å². The number of carbonyl (C=O) groups excluding carboxylic acids is 2. The summed E-state index contributed by atoms with van der Waals surface area (Å²) in [7, 11) is 1.57. The van der Waals surface area contributed by atoms with Crippen LogP contribution in [0.15, 0.2) is 71.8 Å². The number of hydrogen-bond donors (Lipinski definition) is 2. The van der Waals surface area contributed by atoms with Gasteiger partial charge >= 0.3 is 5.97 Å². The molecule has 8 nitrogen and oxygen atoms in total. The topological polar surface area (TPSA) is 109 Å². The lowest BCUT2D eigenvalue weighted by atomic mass is 10.00. The van der Waals surface area contributed by atoms with E-state index >= 15 is 0 Å². The summed E-state index contributed by atoms with van der Waals surface area (Å²) in [6.45, 7) is 1.81. The molecule has 1 aromatic heterocycles. The highest BCUT2D eigenvalue weighted by Gasteiger charge is 2.31. The third-order valence-electron chi connectivity index (χ3n) is 6.65. The summed E-state index contributed by atoms with van der Waals surface area (Å²) >= 11 is 6.71. The third-order valence-corrected chi connectivity index (χ3v) is 8.03. The van der Waals surface area contributed by atoms with Gasteiger partial charge in [0, 0.05) is 24.4 Å². The summed E-state index contributed by atoms with van der Waals surface area (Å²) in [4.78, 5) is 38.2. The number of aromatic nitrogens is 1. The Morgan fingerprint density at radius 1 is 1.07 bits per heavy atom. The molecule has 0 aliphatic carbocycles. The second-order valence-corrected chi connectivity index (χ2v) is 10.9. The van der Waals surface area contributed by atoms with Crippen molar-refractivity contribution in [1.29, 1.82) is 0 Å². The van der Waals surface area contributed by atoms with Gasteiger partial charge in [-0.3, -0.25) is 19.1 Å². The van der Waals surface area contributed by atoms with Gasteiger partial charge in [0.1, 0.15) is 15.8 Å². The number of carboxylic acids is 1. The number of hydrogen-bond acceptors (Lipinski definition) is 7. The standard InChI is InChI=1S/C30H24N2O6S2/c1-17(33)32-16-25(34)23-15-21(8-9-24(23)32)22-13-19(5-10-26(22)38-2)14-27-28(35)31(30(39)40-27)12-11-18-3-6-20(7-4-18)29(36)37/h3-10,13-16,34H,11-12H2,1-2H3,(H,36,37). The first-order valence-electron chi connectivity index (χ1n) is 12.3. The Morgan fingerprint density at radius 2 is 1.82 bits per heavy atom. The van der Waals surface area contributed by atoms with Crippen LogP contribution in [0.25, 0.3) is 28.1 Å². The van der Waals surface area contributed by atoms with E-state index in [1.54, 1.807) is 54.5 Å². The summed E-state index contributed by atoms with van der Waals surface area (Å²) in [5.41, 5.74) is 4.02. The van der Waals surface area contributed by atoms with Gasteiger partial charge in [-0.2, -0.15) is 0 Å². The van der Waals surface area contributed by atoms with E-state index in [4.69, 9.17) is 22.1 Å². The molecule has 202 valence electrons. The van der Waals surface area contributed by atoms with E-state index in [9.17, 15) is 19.5 Å². The molecule has 4 aromatic rings. The third kappa shape index (κ3) is 5.23. The van der Waals surface area contributed by atoms with Crippen LogP contribution >= 0.6 is 24.0 Å². The van der Waals surface area contributed by atoms with Crippen LogP contribution < -0.4 is 4.74 Å². The average Bonchev–Trinajstić information content (AvgIpc) is 3.42. The molecule has 1 saturated heterocycles. The van der Waals surface area contributed by atoms with E-state index in [1.807, 2.05) is 24.3 Å². The van der Waals surface area contributed by atoms with Gasteiger partial charge in [0.15, 0.2) is 0 Å². The molecule has 1 aliphatic heterocycles. The number of thiocarbonyl (C=S) groups is 1. The molecule has 10 heteroatoms. The fourth-order valence-electron chi connectivity index (χ4n) is 4.58. The number of fused-ring (bicyclic) bond motifs is 1. The molecule has 0 unspecified atom stereocenters. The van der Waals surface area contributed by atoms with Crippen LogP contribution in [0.2, 0.25) is 0 Å². The first kappa shape index (κ1) is 27.2. The van der Waals surface area contributed by atoms with Crippen LogP contribution in [-0.4, -0.2) is 55.4 Å². The van der Waals surface area contributed by atoms with Gasteiger partial charge in [0.05, 0.1) is 29.3 Å². The number of methoxy groups -OCH3 is 1.